The highest BCUT2D eigenvalue weighted by Gasteiger charge is 2.29. The van der Waals surface area contributed by atoms with Crippen molar-refractivity contribution in [1.82, 2.24) is 19.9 Å². The van der Waals surface area contributed by atoms with E-state index in [4.69, 9.17) is 10.5 Å². The molecule has 0 unspecified atom stereocenters. The summed E-state index contributed by atoms with van der Waals surface area (Å²) in [6.07, 6.45) is 2.84. The predicted molar refractivity (Wildman–Crippen MR) is 106 cm³/mol. The summed E-state index contributed by atoms with van der Waals surface area (Å²) in [5, 5.41) is 0. The Morgan fingerprint density at radius 2 is 2.04 bits per heavy atom. The van der Waals surface area contributed by atoms with Crippen LogP contribution in [0.3, 0.4) is 0 Å². The zero-order chi connectivity index (χ0) is 19.0. The number of nitrogens with two attached hydrogens (primary N) is 1. The van der Waals surface area contributed by atoms with E-state index in [1.165, 1.54) is 0 Å². The molecule has 0 amide bonds. The number of fused-ring (bicyclic) bond motifs is 1. The minimum atomic E-state index is 0.318. The second-order valence-electron chi connectivity index (χ2n) is 7.36. The highest BCUT2D eigenvalue weighted by atomic mass is 16.5. The molecule has 3 N–H and O–H groups in total. The van der Waals surface area contributed by atoms with Gasteiger partial charge in [-0.05, 0) is 31.9 Å². The lowest BCUT2D eigenvalue weighted by Crippen LogP contribution is -2.35. The third-order valence-electron chi connectivity index (χ3n) is 5.25. The highest BCUT2D eigenvalue weighted by molar-refractivity contribution is 5.76. The zero-order valence-electron chi connectivity index (χ0n) is 16.1. The average Bonchev–Trinajstić information content (AvgIpc) is 3.04. The molecule has 1 aromatic carbocycles. The number of rotatable bonds is 6. The van der Waals surface area contributed by atoms with Crippen molar-refractivity contribution >= 4 is 16.9 Å². The Hall–Kier alpha value is -2.67. The minimum Gasteiger partial charge on any atom is -0.497 e. The topological polar surface area (TPSA) is 92.9 Å². The van der Waals surface area contributed by atoms with Crippen LogP contribution in [0.25, 0.3) is 11.0 Å². The molecule has 2 heterocycles. The van der Waals surface area contributed by atoms with Crippen LogP contribution < -0.4 is 15.4 Å². The van der Waals surface area contributed by atoms with Gasteiger partial charge >= 0.3 is 0 Å². The summed E-state index contributed by atoms with van der Waals surface area (Å²) in [4.78, 5) is 19.4. The van der Waals surface area contributed by atoms with E-state index in [0.29, 0.717) is 12.0 Å². The molecular weight excluding hydrogens is 340 g/mol. The molecule has 1 aliphatic rings. The Morgan fingerprint density at radius 1 is 1.22 bits per heavy atom. The van der Waals surface area contributed by atoms with E-state index >= 15 is 0 Å². The standard InChI is InChI=1S/C20H26N6O/c1-12-22-17(13-8-14(21)9-13)11-20(23-12)26(2)7-6-19-24-16-5-4-15(27-3)10-18(16)25-19/h4-5,10-11,13-14H,6-9,21H2,1-3H3,(H,24,25). The van der Waals surface area contributed by atoms with Crippen LogP contribution in [0.1, 0.15) is 36.1 Å². The van der Waals surface area contributed by atoms with Gasteiger partial charge < -0.3 is 20.4 Å². The van der Waals surface area contributed by atoms with Gasteiger partial charge in [-0.1, -0.05) is 0 Å². The van der Waals surface area contributed by atoms with Crippen LogP contribution in [0.4, 0.5) is 5.82 Å². The summed E-state index contributed by atoms with van der Waals surface area (Å²) in [7, 11) is 3.73. The number of benzene rings is 1. The van der Waals surface area contributed by atoms with Gasteiger partial charge in [-0.2, -0.15) is 0 Å². The van der Waals surface area contributed by atoms with Gasteiger partial charge in [0.25, 0.3) is 0 Å². The number of imidazole rings is 1. The van der Waals surface area contributed by atoms with Crippen LogP contribution in [0.15, 0.2) is 24.3 Å². The Balaban J connectivity index is 1.45. The molecular formula is C20H26N6O. The quantitative estimate of drug-likeness (QED) is 0.696. The van der Waals surface area contributed by atoms with Crippen LogP contribution in [-0.4, -0.2) is 46.7 Å². The Kier molecular flexibility index (Phi) is 4.70. The van der Waals surface area contributed by atoms with Crippen molar-refractivity contribution in [2.24, 2.45) is 5.73 Å². The number of H-pyrrole nitrogens is 1. The SMILES string of the molecule is COc1ccc2nc(CCN(C)c3cc(C4CC(N)C4)nc(C)n3)[nH]c2c1. The van der Waals surface area contributed by atoms with E-state index in [1.54, 1.807) is 7.11 Å². The van der Waals surface area contributed by atoms with Gasteiger partial charge in [0.15, 0.2) is 0 Å². The fourth-order valence-corrected chi connectivity index (χ4v) is 3.56. The number of nitrogens with zero attached hydrogens (tertiary/aromatic N) is 4. The number of likely N-dealkylation sites (N-methyl/N-ethyl adjacent to an activating group) is 1. The van der Waals surface area contributed by atoms with Crippen LogP contribution in [-0.2, 0) is 6.42 Å². The first-order chi connectivity index (χ1) is 13.0. The molecule has 27 heavy (non-hydrogen) atoms. The van der Waals surface area contributed by atoms with Gasteiger partial charge in [0.05, 0.1) is 18.1 Å². The van der Waals surface area contributed by atoms with E-state index in [-0.39, 0.29) is 0 Å². The number of methoxy groups -OCH3 is 1. The maximum Gasteiger partial charge on any atom is 0.132 e. The number of hydrogen-bond donors (Lipinski definition) is 2. The maximum atomic E-state index is 5.93. The predicted octanol–water partition coefficient (Wildman–Crippen LogP) is 2.55. The Morgan fingerprint density at radius 3 is 2.78 bits per heavy atom. The Bertz CT molecular complexity index is 947. The van der Waals surface area contributed by atoms with E-state index in [0.717, 1.165) is 65.8 Å². The number of anilines is 1. The van der Waals surface area contributed by atoms with Crippen molar-refractivity contribution in [3.8, 4) is 5.75 Å². The fourth-order valence-electron chi connectivity index (χ4n) is 3.56. The molecule has 0 radical (unpaired) electrons. The third kappa shape index (κ3) is 3.73. The largest absolute Gasteiger partial charge is 0.497 e. The fraction of sp³-hybridized carbons (Fsp3) is 0.450. The first-order valence-electron chi connectivity index (χ1n) is 9.37. The maximum absolute atomic E-state index is 5.93. The molecule has 7 nitrogen and oxygen atoms in total. The smallest absolute Gasteiger partial charge is 0.132 e. The van der Waals surface area contributed by atoms with Crippen molar-refractivity contribution < 1.29 is 4.74 Å². The number of aryl methyl sites for hydroxylation is 1. The Labute approximate surface area is 159 Å². The zero-order valence-corrected chi connectivity index (χ0v) is 16.1. The molecule has 1 fully saturated rings. The van der Waals surface area contributed by atoms with Gasteiger partial charge in [0.1, 0.15) is 23.2 Å². The number of aromatic amines is 1. The third-order valence-corrected chi connectivity index (χ3v) is 5.25. The first-order valence-corrected chi connectivity index (χ1v) is 9.37. The van der Waals surface area contributed by atoms with E-state index < -0.39 is 0 Å². The van der Waals surface area contributed by atoms with Crippen molar-refractivity contribution in [1.29, 1.82) is 0 Å². The second-order valence-corrected chi connectivity index (χ2v) is 7.36. The van der Waals surface area contributed by atoms with Gasteiger partial charge in [-0.3, -0.25) is 0 Å². The summed E-state index contributed by atoms with van der Waals surface area (Å²) >= 11 is 0. The molecule has 0 saturated heterocycles. The number of hydrogen-bond acceptors (Lipinski definition) is 6. The van der Waals surface area contributed by atoms with E-state index in [2.05, 4.69) is 37.9 Å². The number of nitrogens with one attached hydrogen (secondary N) is 1. The van der Waals surface area contributed by atoms with Crippen molar-refractivity contribution in [2.45, 2.75) is 38.1 Å². The lowest BCUT2D eigenvalue weighted by atomic mass is 9.78. The van der Waals surface area contributed by atoms with Crippen LogP contribution in [0.5, 0.6) is 5.75 Å². The molecule has 0 bridgehead atoms. The molecule has 142 valence electrons. The number of ether oxygens (including phenoxy) is 1. The van der Waals surface area contributed by atoms with E-state index in [9.17, 15) is 0 Å². The van der Waals surface area contributed by atoms with Crippen molar-refractivity contribution in [3.05, 3.63) is 41.6 Å². The van der Waals surface area contributed by atoms with Crippen LogP contribution in [0.2, 0.25) is 0 Å². The van der Waals surface area contributed by atoms with Crippen molar-refractivity contribution in [3.63, 3.8) is 0 Å². The molecule has 0 aliphatic heterocycles. The number of aromatic nitrogens is 4. The summed E-state index contributed by atoms with van der Waals surface area (Å²) in [5.41, 5.74) is 8.99. The van der Waals surface area contributed by atoms with Crippen LogP contribution in [0, 0.1) is 6.92 Å². The summed E-state index contributed by atoms with van der Waals surface area (Å²) in [6, 6.07) is 8.29. The molecule has 7 heteroatoms. The lowest BCUT2D eigenvalue weighted by molar-refractivity contribution is 0.344. The van der Waals surface area contributed by atoms with Gasteiger partial charge in [-0.25, -0.2) is 15.0 Å². The molecule has 1 aliphatic carbocycles. The lowest BCUT2D eigenvalue weighted by Gasteiger charge is -2.32. The van der Waals surface area contributed by atoms with E-state index in [1.807, 2.05) is 25.1 Å². The summed E-state index contributed by atoms with van der Waals surface area (Å²) in [6.45, 7) is 2.77. The monoisotopic (exact) mass is 366 g/mol. The van der Waals surface area contributed by atoms with Crippen LogP contribution >= 0.6 is 0 Å². The molecule has 0 spiro atoms. The molecule has 2 aromatic heterocycles. The summed E-state index contributed by atoms with van der Waals surface area (Å²) in [5.74, 6) is 4.02. The molecule has 4 rings (SSSR count). The van der Waals surface area contributed by atoms with Gasteiger partial charge in [0, 0.05) is 49.8 Å². The molecule has 1 saturated carbocycles. The highest BCUT2D eigenvalue weighted by Crippen LogP contribution is 2.35. The van der Waals surface area contributed by atoms with Gasteiger partial charge in [0.2, 0.25) is 0 Å². The molecule has 0 atom stereocenters. The minimum absolute atomic E-state index is 0.318. The van der Waals surface area contributed by atoms with Crippen molar-refractivity contribution in [2.75, 3.05) is 25.6 Å². The second kappa shape index (κ2) is 7.15. The van der Waals surface area contributed by atoms with Gasteiger partial charge in [-0.15, -0.1) is 0 Å². The normalized spacial score (nSPS) is 19.1. The molecule has 3 aromatic rings. The average molecular weight is 366 g/mol. The first kappa shape index (κ1) is 17.7. The summed E-state index contributed by atoms with van der Waals surface area (Å²) < 4.78 is 5.27.